The summed E-state index contributed by atoms with van der Waals surface area (Å²) in [5.41, 5.74) is 0. The molecule has 2 rings (SSSR count). The van der Waals surface area contributed by atoms with Crippen LogP contribution in [-0.4, -0.2) is 140 Å². The number of aliphatic hydroxyl groups is 8. The highest BCUT2D eigenvalue weighted by Crippen LogP contribution is 2.30. The van der Waals surface area contributed by atoms with Crippen molar-refractivity contribution in [3.05, 3.63) is 36.5 Å². The summed E-state index contributed by atoms with van der Waals surface area (Å²) >= 11 is 0. The van der Waals surface area contributed by atoms with Gasteiger partial charge in [-0.05, 0) is 38.5 Å². The molecule has 14 nitrogen and oxygen atoms in total. The summed E-state index contributed by atoms with van der Waals surface area (Å²) in [6.07, 6.45) is 54.3. The van der Waals surface area contributed by atoms with Gasteiger partial charge in [-0.1, -0.05) is 301 Å². The van der Waals surface area contributed by atoms with Gasteiger partial charge < -0.3 is 65.1 Å². The number of rotatable bonds is 58. The number of amides is 1. The van der Waals surface area contributed by atoms with Gasteiger partial charge in [0.2, 0.25) is 5.91 Å². The number of carbonyl (C=O) groups excluding carboxylic acids is 1. The zero-order valence-electron chi connectivity index (χ0n) is 53.7. The van der Waals surface area contributed by atoms with Gasteiger partial charge in [0, 0.05) is 6.42 Å². The van der Waals surface area contributed by atoms with Crippen LogP contribution in [0.1, 0.15) is 309 Å². The number of aliphatic hydroxyl groups excluding tert-OH is 8. The van der Waals surface area contributed by atoms with Gasteiger partial charge in [-0.2, -0.15) is 0 Å². The third kappa shape index (κ3) is 39.3. The van der Waals surface area contributed by atoms with Crippen LogP contribution >= 0.6 is 0 Å². The first-order chi connectivity index (χ1) is 41.1. The SMILES string of the molecule is CC/C=C/CC/C=C/CC/C=C/C(O)C(COC1OC(CO)C(OC2OC(CO)C(O)C(O)C2O)C(O)C1O)NC(=O)CCCCCCCCCCCCCCCCCCCCCCCCCCCCCCCCCCCCCCCCCC. The van der Waals surface area contributed by atoms with E-state index in [2.05, 4.69) is 43.5 Å². The molecule has 0 saturated carbocycles. The van der Waals surface area contributed by atoms with Gasteiger partial charge in [0.05, 0.1) is 32.0 Å². The van der Waals surface area contributed by atoms with Gasteiger partial charge in [0.15, 0.2) is 12.6 Å². The Morgan fingerprint density at radius 1 is 0.429 bits per heavy atom. The average Bonchev–Trinajstić information content (AvgIpc) is 3.67. The Hall–Kier alpha value is -1.79. The highest BCUT2D eigenvalue weighted by molar-refractivity contribution is 5.76. The number of allylic oxidation sites excluding steroid dienone is 5. The number of ether oxygens (including phenoxy) is 4. The Balaban J connectivity index is 1.50. The van der Waals surface area contributed by atoms with Crippen molar-refractivity contribution < 1.29 is 64.6 Å². The first-order valence-electron chi connectivity index (χ1n) is 35.2. The maximum Gasteiger partial charge on any atom is 0.220 e. The molecule has 2 heterocycles. The van der Waals surface area contributed by atoms with E-state index in [1.807, 2.05) is 6.08 Å². The molecule has 0 bridgehead atoms. The monoisotopic (exact) mass is 1190 g/mol. The maximum atomic E-state index is 13.2. The van der Waals surface area contributed by atoms with E-state index in [0.29, 0.717) is 12.8 Å². The van der Waals surface area contributed by atoms with Gasteiger partial charge in [-0.15, -0.1) is 0 Å². The Morgan fingerprint density at radius 3 is 1.15 bits per heavy atom. The Kier molecular flexibility index (Phi) is 51.5. The summed E-state index contributed by atoms with van der Waals surface area (Å²) in [4.78, 5) is 13.2. The fraction of sp³-hybridized carbons (Fsp3) is 0.900. The van der Waals surface area contributed by atoms with Crippen LogP contribution in [-0.2, 0) is 23.7 Å². The van der Waals surface area contributed by atoms with Crippen molar-refractivity contribution >= 4 is 5.91 Å². The molecule has 2 aliphatic heterocycles. The first-order valence-corrected chi connectivity index (χ1v) is 35.2. The third-order valence-corrected chi connectivity index (χ3v) is 17.3. The summed E-state index contributed by atoms with van der Waals surface area (Å²) < 4.78 is 22.7. The lowest BCUT2D eigenvalue weighted by molar-refractivity contribution is -0.359. The molecule has 2 fully saturated rings. The van der Waals surface area contributed by atoms with Crippen LogP contribution in [0.25, 0.3) is 0 Å². The lowest BCUT2D eigenvalue weighted by Crippen LogP contribution is -2.65. The number of carbonyl (C=O) groups is 1. The zero-order chi connectivity index (χ0) is 60.9. The summed E-state index contributed by atoms with van der Waals surface area (Å²) in [5, 5.41) is 86.9. The smallest absolute Gasteiger partial charge is 0.220 e. The van der Waals surface area contributed by atoms with E-state index in [4.69, 9.17) is 18.9 Å². The summed E-state index contributed by atoms with van der Waals surface area (Å²) in [5.74, 6) is -0.251. The second-order valence-electron chi connectivity index (χ2n) is 25.0. The topological polar surface area (TPSA) is 228 Å². The Morgan fingerprint density at radius 2 is 0.774 bits per heavy atom. The minimum Gasteiger partial charge on any atom is -0.394 e. The fourth-order valence-corrected chi connectivity index (χ4v) is 11.7. The molecular weight excluding hydrogens is 1060 g/mol. The van der Waals surface area contributed by atoms with E-state index in [0.717, 1.165) is 44.9 Å². The zero-order valence-corrected chi connectivity index (χ0v) is 53.7. The molecule has 14 heteroatoms. The molecule has 494 valence electrons. The van der Waals surface area contributed by atoms with Gasteiger partial charge in [-0.3, -0.25) is 4.79 Å². The number of hydrogen-bond acceptors (Lipinski definition) is 13. The Bertz CT molecular complexity index is 1550. The summed E-state index contributed by atoms with van der Waals surface area (Å²) in [7, 11) is 0. The van der Waals surface area contributed by atoms with Crippen molar-refractivity contribution in [2.75, 3.05) is 19.8 Å². The minimum absolute atomic E-state index is 0.251. The van der Waals surface area contributed by atoms with Crippen LogP contribution in [0.3, 0.4) is 0 Å². The van der Waals surface area contributed by atoms with Crippen LogP contribution in [0.5, 0.6) is 0 Å². The van der Waals surface area contributed by atoms with Crippen LogP contribution in [0.2, 0.25) is 0 Å². The van der Waals surface area contributed by atoms with Crippen LogP contribution < -0.4 is 5.32 Å². The van der Waals surface area contributed by atoms with E-state index in [9.17, 15) is 45.6 Å². The van der Waals surface area contributed by atoms with E-state index in [1.165, 1.54) is 231 Å². The number of hydrogen-bond donors (Lipinski definition) is 9. The van der Waals surface area contributed by atoms with Crippen molar-refractivity contribution in [1.82, 2.24) is 5.32 Å². The molecule has 2 aliphatic rings. The molecule has 12 atom stereocenters. The molecule has 0 aromatic carbocycles. The van der Waals surface area contributed by atoms with Gasteiger partial charge in [-0.25, -0.2) is 0 Å². The summed E-state index contributed by atoms with van der Waals surface area (Å²) in [6, 6.07) is -0.934. The largest absolute Gasteiger partial charge is 0.394 e. The Labute approximate surface area is 512 Å². The van der Waals surface area contributed by atoms with Crippen molar-refractivity contribution in [3.63, 3.8) is 0 Å². The quantitative estimate of drug-likeness (QED) is 0.0204. The van der Waals surface area contributed by atoms with Crippen molar-refractivity contribution in [1.29, 1.82) is 0 Å². The lowest BCUT2D eigenvalue weighted by atomic mass is 9.97. The van der Waals surface area contributed by atoms with Crippen molar-refractivity contribution in [2.24, 2.45) is 0 Å². The highest BCUT2D eigenvalue weighted by atomic mass is 16.7. The van der Waals surface area contributed by atoms with Crippen LogP contribution in [0, 0.1) is 0 Å². The first kappa shape index (κ1) is 78.3. The number of unbranched alkanes of at least 4 members (excludes halogenated alkanes) is 41. The maximum absolute atomic E-state index is 13.2. The lowest BCUT2D eigenvalue weighted by Gasteiger charge is -2.46. The molecule has 0 aromatic heterocycles. The molecule has 84 heavy (non-hydrogen) atoms. The van der Waals surface area contributed by atoms with Gasteiger partial charge in [0.1, 0.15) is 48.8 Å². The predicted octanol–water partition coefficient (Wildman–Crippen LogP) is 14.1. The fourth-order valence-electron chi connectivity index (χ4n) is 11.7. The minimum atomic E-state index is -1.79. The standard InChI is InChI=1S/C70H131NO13/c1-3-5-7-9-11-13-15-16-17-18-19-20-21-22-23-24-25-26-27-28-29-30-31-32-33-34-35-36-37-38-39-40-41-42-43-44-46-48-50-52-54-62(75)71-58(59(74)53-51-49-47-45-14-12-10-8-6-4-2)57-81-69-67(80)65(78)68(61(56-73)83-69)84-70-66(79)64(77)63(76)60(55-72)82-70/h6,8,14,45,51,53,58-61,63-70,72-74,76-80H,3-5,7,9-13,15-44,46-50,52,54-57H2,1-2H3,(H,71,75)/b8-6+,45-14+,53-51+. The molecule has 0 aromatic rings. The number of nitrogens with one attached hydrogen (secondary N) is 1. The second kappa shape index (κ2) is 55.3. The molecule has 1 amide bonds. The molecular formula is C70H131NO13. The third-order valence-electron chi connectivity index (χ3n) is 17.3. The molecule has 9 N–H and O–H groups in total. The van der Waals surface area contributed by atoms with E-state index in [-0.39, 0.29) is 18.9 Å². The summed E-state index contributed by atoms with van der Waals surface area (Å²) in [6.45, 7) is 2.67. The highest BCUT2D eigenvalue weighted by Gasteiger charge is 2.51. The molecule has 12 unspecified atom stereocenters. The average molecular weight is 1190 g/mol. The predicted molar refractivity (Wildman–Crippen MR) is 341 cm³/mol. The molecule has 2 saturated heterocycles. The molecule has 0 spiro atoms. The van der Waals surface area contributed by atoms with Crippen LogP contribution in [0.15, 0.2) is 36.5 Å². The van der Waals surface area contributed by atoms with E-state index in [1.54, 1.807) is 6.08 Å². The van der Waals surface area contributed by atoms with Crippen LogP contribution in [0.4, 0.5) is 0 Å². The van der Waals surface area contributed by atoms with E-state index < -0.39 is 86.8 Å². The van der Waals surface area contributed by atoms with Gasteiger partial charge in [0.25, 0.3) is 0 Å². The van der Waals surface area contributed by atoms with E-state index >= 15 is 0 Å². The molecule has 0 radical (unpaired) electrons. The molecule has 0 aliphatic carbocycles. The van der Waals surface area contributed by atoms with Crippen molar-refractivity contribution in [3.8, 4) is 0 Å². The van der Waals surface area contributed by atoms with Gasteiger partial charge >= 0.3 is 0 Å². The normalized spacial score (nSPS) is 23.8. The van der Waals surface area contributed by atoms with Crippen molar-refractivity contribution in [2.45, 2.75) is 383 Å². The second-order valence-corrected chi connectivity index (χ2v) is 25.0.